The molecule has 0 unspecified atom stereocenters. The second-order valence-corrected chi connectivity index (χ2v) is 8.73. The third-order valence-corrected chi connectivity index (χ3v) is 6.93. The average molecular weight is 441 g/mol. The standard InChI is InChI=1S/C23H22ClFN4O2/c1-12(30)29-8-6-13(7-9-29)21-20(15-4-2-3-5-17(15)24)22-19-16(23(31)28-27-22)10-14(25)11-18(19)26-21/h2-5,10-11,13,20-21,26H,6-9H2,1H3,(H,28,31)/t20-,21-/m1/s1. The molecule has 1 saturated heterocycles. The number of nitrogens with one attached hydrogen (secondary N) is 2. The maximum Gasteiger partial charge on any atom is 0.272 e. The molecule has 31 heavy (non-hydrogen) atoms. The molecule has 0 saturated carbocycles. The van der Waals surface area contributed by atoms with E-state index < -0.39 is 11.4 Å². The predicted molar refractivity (Wildman–Crippen MR) is 118 cm³/mol. The van der Waals surface area contributed by atoms with Gasteiger partial charge in [0, 0.05) is 42.2 Å². The van der Waals surface area contributed by atoms with E-state index >= 15 is 0 Å². The molecule has 2 N–H and O–H groups in total. The van der Waals surface area contributed by atoms with E-state index in [4.69, 9.17) is 11.6 Å². The average Bonchev–Trinajstić information content (AvgIpc) is 2.76. The molecule has 1 amide bonds. The summed E-state index contributed by atoms with van der Waals surface area (Å²) in [5.74, 6) is -0.398. The van der Waals surface area contributed by atoms with Gasteiger partial charge in [-0.05, 0) is 42.5 Å². The highest BCUT2D eigenvalue weighted by atomic mass is 35.5. The zero-order chi connectivity index (χ0) is 21.7. The summed E-state index contributed by atoms with van der Waals surface area (Å²) < 4.78 is 14.3. The lowest BCUT2D eigenvalue weighted by atomic mass is 9.74. The highest BCUT2D eigenvalue weighted by Gasteiger charge is 2.40. The topological polar surface area (TPSA) is 78.1 Å². The van der Waals surface area contributed by atoms with Crippen LogP contribution in [0.5, 0.6) is 0 Å². The van der Waals surface area contributed by atoms with E-state index in [1.165, 1.54) is 12.1 Å². The fourth-order valence-electron chi connectivity index (χ4n) is 5.09. The van der Waals surface area contributed by atoms with E-state index in [2.05, 4.69) is 15.5 Å². The fraction of sp³-hybridized carbons (Fsp3) is 0.348. The molecule has 2 atom stereocenters. The van der Waals surface area contributed by atoms with Gasteiger partial charge in [-0.15, -0.1) is 0 Å². The van der Waals surface area contributed by atoms with Gasteiger partial charge in [-0.2, -0.15) is 5.10 Å². The Morgan fingerprint density at radius 1 is 1.23 bits per heavy atom. The van der Waals surface area contributed by atoms with Crippen molar-refractivity contribution < 1.29 is 9.18 Å². The number of anilines is 1. The molecule has 2 aliphatic rings. The summed E-state index contributed by atoms with van der Waals surface area (Å²) in [7, 11) is 0. The summed E-state index contributed by atoms with van der Waals surface area (Å²) in [4.78, 5) is 26.0. The first kappa shape index (κ1) is 20.0. The normalized spacial score (nSPS) is 21.2. The number of likely N-dealkylation sites (tertiary alicyclic amines) is 1. The smallest absolute Gasteiger partial charge is 0.272 e. The van der Waals surface area contributed by atoms with Gasteiger partial charge in [0.1, 0.15) is 5.82 Å². The molecule has 5 rings (SSSR count). The van der Waals surface area contributed by atoms with Crippen molar-refractivity contribution in [3.63, 3.8) is 0 Å². The number of H-pyrrole nitrogens is 1. The lowest BCUT2D eigenvalue weighted by Gasteiger charge is -2.42. The molecule has 6 nitrogen and oxygen atoms in total. The van der Waals surface area contributed by atoms with Gasteiger partial charge in [0.25, 0.3) is 5.56 Å². The van der Waals surface area contributed by atoms with Crippen molar-refractivity contribution in [3.8, 4) is 0 Å². The Bertz CT molecular complexity index is 1240. The van der Waals surface area contributed by atoms with Crippen LogP contribution < -0.4 is 10.9 Å². The number of carbonyl (C=O) groups excluding carboxylic acids is 1. The Kier molecular flexibility index (Phi) is 4.93. The van der Waals surface area contributed by atoms with Crippen LogP contribution in [0.25, 0.3) is 10.8 Å². The largest absolute Gasteiger partial charge is 0.380 e. The van der Waals surface area contributed by atoms with Crippen molar-refractivity contribution in [1.82, 2.24) is 15.1 Å². The second-order valence-electron chi connectivity index (χ2n) is 8.33. The molecule has 3 aromatic rings. The Hall–Kier alpha value is -2.93. The molecule has 0 radical (unpaired) electrons. The van der Waals surface area contributed by atoms with E-state index in [9.17, 15) is 14.0 Å². The van der Waals surface area contributed by atoms with Crippen LogP contribution in [0.4, 0.5) is 10.1 Å². The van der Waals surface area contributed by atoms with Crippen molar-refractivity contribution in [1.29, 1.82) is 0 Å². The Labute approximate surface area is 183 Å². The Morgan fingerprint density at radius 2 is 1.97 bits per heavy atom. The maximum atomic E-state index is 14.3. The number of carbonyl (C=O) groups is 1. The molecule has 0 spiro atoms. The number of benzene rings is 2. The fourth-order valence-corrected chi connectivity index (χ4v) is 5.35. The van der Waals surface area contributed by atoms with E-state index in [-0.39, 0.29) is 29.2 Å². The first-order valence-corrected chi connectivity index (χ1v) is 10.8. The van der Waals surface area contributed by atoms with Crippen molar-refractivity contribution in [2.75, 3.05) is 18.4 Å². The number of aromatic amines is 1. The van der Waals surface area contributed by atoms with Crippen molar-refractivity contribution in [2.24, 2.45) is 5.92 Å². The van der Waals surface area contributed by atoms with Crippen LogP contribution in [0.15, 0.2) is 41.2 Å². The van der Waals surface area contributed by atoms with Gasteiger partial charge in [0.2, 0.25) is 5.91 Å². The number of hydrogen-bond acceptors (Lipinski definition) is 4. The summed E-state index contributed by atoms with van der Waals surface area (Å²) in [6.45, 7) is 2.95. The van der Waals surface area contributed by atoms with Crippen LogP contribution in [0.1, 0.15) is 36.9 Å². The van der Waals surface area contributed by atoms with Crippen LogP contribution in [0.3, 0.4) is 0 Å². The van der Waals surface area contributed by atoms with Crippen molar-refractivity contribution in [3.05, 3.63) is 68.8 Å². The lowest BCUT2D eigenvalue weighted by molar-refractivity contribution is -0.130. The highest BCUT2D eigenvalue weighted by molar-refractivity contribution is 6.31. The third-order valence-electron chi connectivity index (χ3n) is 6.59. The SMILES string of the molecule is CC(=O)N1CCC([C@H]2Nc3cc(F)cc4c(=O)[nH]nc(c34)[C@@H]2c2ccccc2Cl)CC1. The maximum absolute atomic E-state index is 14.3. The van der Waals surface area contributed by atoms with E-state index in [0.717, 1.165) is 18.4 Å². The zero-order valence-corrected chi connectivity index (χ0v) is 17.7. The molecular formula is C23H22ClFN4O2. The minimum absolute atomic E-state index is 0.0779. The second kappa shape index (κ2) is 7.64. The number of aromatic nitrogens is 2. The third kappa shape index (κ3) is 3.37. The molecule has 8 heteroatoms. The van der Waals surface area contributed by atoms with E-state index in [1.807, 2.05) is 29.2 Å². The van der Waals surface area contributed by atoms with Crippen LogP contribution in [-0.4, -0.2) is 40.1 Å². The van der Waals surface area contributed by atoms with Crippen LogP contribution in [0.2, 0.25) is 5.02 Å². The molecule has 160 valence electrons. The van der Waals surface area contributed by atoms with Crippen LogP contribution in [0, 0.1) is 11.7 Å². The number of nitrogens with zero attached hydrogens (tertiary/aromatic N) is 2. The molecule has 2 aliphatic heterocycles. The minimum Gasteiger partial charge on any atom is -0.380 e. The Balaban J connectivity index is 1.66. The lowest BCUT2D eigenvalue weighted by Crippen LogP contribution is -2.46. The molecule has 3 heterocycles. The van der Waals surface area contributed by atoms with Gasteiger partial charge in [0.05, 0.1) is 17.0 Å². The van der Waals surface area contributed by atoms with Gasteiger partial charge in [-0.3, -0.25) is 9.59 Å². The summed E-state index contributed by atoms with van der Waals surface area (Å²) in [6, 6.07) is 10.2. The monoisotopic (exact) mass is 440 g/mol. The molecule has 0 aliphatic carbocycles. The molecule has 2 aromatic carbocycles. The van der Waals surface area contributed by atoms with Gasteiger partial charge in [-0.25, -0.2) is 9.49 Å². The van der Waals surface area contributed by atoms with Gasteiger partial charge in [0.15, 0.2) is 0 Å². The summed E-state index contributed by atoms with van der Waals surface area (Å²) in [5.41, 5.74) is 1.75. The number of amides is 1. The zero-order valence-electron chi connectivity index (χ0n) is 17.0. The molecule has 0 bridgehead atoms. The Morgan fingerprint density at radius 3 is 2.68 bits per heavy atom. The van der Waals surface area contributed by atoms with Crippen molar-refractivity contribution >= 4 is 34.0 Å². The van der Waals surface area contributed by atoms with E-state index in [1.54, 1.807) is 6.92 Å². The first-order valence-electron chi connectivity index (χ1n) is 10.4. The molecule has 1 fully saturated rings. The first-order chi connectivity index (χ1) is 14.9. The molecule has 1 aromatic heterocycles. The quantitative estimate of drug-likeness (QED) is 0.633. The van der Waals surface area contributed by atoms with Crippen LogP contribution in [-0.2, 0) is 4.79 Å². The summed E-state index contributed by atoms with van der Waals surface area (Å²) >= 11 is 6.60. The number of hydrogen-bond donors (Lipinski definition) is 2. The highest BCUT2D eigenvalue weighted by Crippen LogP contribution is 2.45. The van der Waals surface area contributed by atoms with E-state index in [0.29, 0.717) is 34.9 Å². The summed E-state index contributed by atoms with van der Waals surface area (Å²) in [6.07, 6.45) is 1.63. The number of halogens is 2. The predicted octanol–water partition coefficient (Wildman–Crippen LogP) is 3.90. The minimum atomic E-state index is -0.473. The molecular weight excluding hydrogens is 419 g/mol. The van der Waals surface area contributed by atoms with Gasteiger partial charge in [-0.1, -0.05) is 29.8 Å². The summed E-state index contributed by atoms with van der Waals surface area (Å²) in [5, 5.41) is 12.0. The van der Waals surface area contributed by atoms with Crippen LogP contribution >= 0.6 is 11.6 Å². The number of rotatable bonds is 2. The van der Waals surface area contributed by atoms with Gasteiger partial charge < -0.3 is 10.2 Å². The number of piperidine rings is 1. The van der Waals surface area contributed by atoms with Crippen molar-refractivity contribution in [2.45, 2.75) is 31.7 Å². The van der Waals surface area contributed by atoms with Gasteiger partial charge >= 0.3 is 0 Å².